The maximum absolute atomic E-state index is 12.9. The van der Waals surface area contributed by atoms with E-state index in [-0.39, 0.29) is 10.5 Å². The molecule has 0 aliphatic carbocycles. The minimum Gasteiger partial charge on any atom is -0.478 e. The second kappa shape index (κ2) is 8.97. The number of aromatic carboxylic acids is 1. The summed E-state index contributed by atoms with van der Waals surface area (Å²) in [4.78, 5) is 17.5. The highest BCUT2D eigenvalue weighted by Crippen LogP contribution is 2.28. The number of hydrogen-bond acceptors (Lipinski definition) is 6. The van der Waals surface area contributed by atoms with Crippen molar-refractivity contribution in [3.63, 3.8) is 0 Å². The third kappa shape index (κ3) is 4.74. The van der Waals surface area contributed by atoms with Crippen molar-refractivity contribution in [3.05, 3.63) is 71.9 Å². The normalized spacial score (nSPS) is 14.2. The number of carboxylic acids is 1. The van der Waals surface area contributed by atoms with Gasteiger partial charge in [-0.25, -0.2) is 18.2 Å². The first kappa shape index (κ1) is 21.8. The fourth-order valence-corrected chi connectivity index (χ4v) is 4.51. The average Bonchev–Trinajstić information content (AvgIpc) is 2.81. The van der Waals surface area contributed by atoms with Gasteiger partial charge in [0.05, 0.1) is 18.8 Å². The number of benzene rings is 2. The van der Waals surface area contributed by atoms with Gasteiger partial charge in [0.25, 0.3) is 10.0 Å². The number of morpholine rings is 1. The number of rotatable bonds is 6. The predicted molar refractivity (Wildman–Crippen MR) is 122 cm³/mol. The van der Waals surface area contributed by atoms with Crippen LogP contribution in [0.25, 0.3) is 11.1 Å². The second-order valence-electron chi connectivity index (χ2n) is 7.47. The van der Waals surface area contributed by atoms with Crippen molar-refractivity contribution in [2.24, 2.45) is 0 Å². The Labute approximate surface area is 186 Å². The number of carbonyl (C=O) groups is 1. The van der Waals surface area contributed by atoms with E-state index < -0.39 is 16.0 Å². The molecule has 0 amide bonds. The fourth-order valence-electron chi connectivity index (χ4n) is 3.51. The molecule has 1 aliphatic rings. The van der Waals surface area contributed by atoms with Gasteiger partial charge in [0, 0.05) is 25.0 Å². The Morgan fingerprint density at radius 2 is 1.78 bits per heavy atom. The molecule has 1 aromatic heterocycles. The lowest BCUT2D eigenvalue weighted by atomic mass is 9.99. The maximum Gasteiger partial charge on any atom is 0.335 e. The van der Waals surface area contributed by atoms with E-state index in [1.54, 1.807) is 36.4 Å². The fraction of sp³-hybridized carbons (Fsp3) is 0.217. The van der Waals surface area contributed by atoms with E-state index in [4.69, 9.17) is 9.84 Å². The lowest BCUT2D eigenvalue weighted by Gasteiger charge is -2.27. The lowest BCUT2D eigenvalue weighted by Crippen LogP contribution is -2.36. The Balaban J connectivity index is 1.55. The first-order chi connectivity index (χ1) is 15.3. The average molecular weight is 454 g/mol. The minimum atomic E-state index is -3.82. The molecule has 8 nitrogen and oxygen atoms in total. The summed E-state index contributed by atoms with van der Waals surface area (Å²) in [5.41, 5.74) is 3.14. The lowest BCUT2D eigenvalue weighted by molar-refractivity contribution is 0.0697. The van der Waals surface area contributed by atoms with Crippen molar-refractivity contribution in [2.75, 3.05) is 35.9 Å². The third-order valence-corrected chi connectivity index (χ3v) is 6.67. The Bertz CT molecular complexity index is 1220. The van der Waals surface area contributed by atoms with Crippen LogP contribution in [0.4, 0.5) is 11.5 Å². The number of ether oxygens (including phenoxy) is 1. The molecule has 0 saturated carbocycles. The summed E-state index contributed by atoms with van der Waals surface area (Å²) in [6, 6.07) is 14.9. The Morgan fingerprint density at radius 1 is 1.06 bits per heavy atom. The Hall–Kier alpha value is -3.43. The van der Waals surface area contributed by atoms with Gasteiger partial charge in [0.2, 0.25) is 0 Å². The second-order valence-corrected chi connectivity index (χ2v) is 9.15. The van der Waals surface area contributed by atoms with Crippen molar-refractivity contribution in [1.29, 1.82) is 0 Å². The highest BCUT2D eigenvalue weighted by atomic mass is 32.2. The van der Waals surface area contributed by atoms with Crippen molar-refractivity contribution < 1.29 is 23.1 Å². The van der Waals surface area contributed by atoms with Gasteiger partial charge in [-0.2, -0.15) is 0 Å². The van der Waals surface area contributed by atoms with E-state index in [9.17, 15) is 13.2 Å². The van der Waals surface area contributed by atoms with E-state index >= 15 is 0 Å². The van der Waals surface area contributed by atoms with Crippen molar-refractivity contribution in [1.82, 2.24) is 4.98 Å². The topological polar surface area (TPSA) is 109 Å². The summed E-state index contributed by atoms with van der Waals surface area (Å²) in [5.74, 6) is -0.280. The van der Waals surface area contributed by atoms with Crippen LogP contribution >= 0.6 is 0 Å². The molecular weight excluding hydrogens is 430 g/mol. The smallest absolute Gasteiger partial charge is 0.335 e. The standard InChI is InChI=1S/C23H23N3O5S/c1-16-2-7-19(14-21(16)17-3-5-18(6-4-17)23(27)28)25-32(29,30)20-8-9-22(24-15-20)26-10-12-31-13-11-26/h2-9,14-15,25H,10-13H2,1H3,(H,27,28). The number of sulfonamides is 1. The molecular formula is C23H23N3O5S. The van der Waals surface area contributed by atoms with Crippen LogP contribution in [0, 0.1) is 6.92 Å². The molecule has 1 saturated heterocycles. The van der Waals surface area contributed by atoms with Crippen LogP contribution in [0.2, 0.25) is 0 Å². The molecule has 32 heavy (non-hydrogen) atoms. The Morgan fingerprint density at radius 3 is 2.41 bits per heavy atom. The number of nitrogens with one attached hydrogen (secondary N) is 1. The van der Waals surface area contributed by atoms with E-state index in [1.165, 1.54) is 18.3 Å². The van der Waals surface area contributed by atoms with Crippen LogP contribution in [0.1, 0.15) is 15.9 Å². The molecule has 4 rings (SSSR count). The molecule has 1 fully saturated rings. The number of pyridine rings is 1. The maximum atomic E-state index is 12.9. The van der Waals surface area contributed by atoms with Crippen LogP contribution in [0.5, 0.6) is 0 Å². The zero-order valence-electron chi connectivity index (χ0n) is 17.5. The first-order valence-electron chi connectivity index (χ1n) is 10.1. The minimum absolute atomic E-state index is 0.0717. The van der Waals surface area contributed by atoms with E-state index in [1.807, 2.05) is 13.0 Å². The van der Waals surface area contributed by atoms with Gasteiger partial charge in [-0.1, -0.05) is 18.2 Å². The van der Waals surface area contributed by atoms with Gasteiger partial charge in [0.1, 0.15) is 10.7 Å². The summed E-state index contributed by atoms with van der Waals surface area (Å²) in [6.45, 7) is 4.59. The summed E-state index contributed by atoms with van der Waals surface area (Å²) in [7, 11) is -3.82. The van der Waals surface area contributed by atoms with Gasteiger partial charge in [-0.3, -0.25) is 4.72 Å². The molecule has 2 heterocycles. The predicted octanol–water partition coefficient (Wildman–Crippen LogP) is 3.39. The number of nitrogens with zero attached hydrogens (tertiary/aromatic N) is 2. The molecule has 166 valence electrons. The number of aryl methyl sites for hydroxylation is 1. The monoisotopic (exact) mass is 453 g/mol. The summed E-state index contributed by atoms with van der Waals surface area (Å²) < 4.78 is 33.7. The van der Waals surface area contributed by atoms with Crippen LogP contribution in [0.3, 0.4) is 0 Å². The summed E-state index contributed by atoms with van der Waals surface area (Å²) in [6.07, 6.45) is 1.35. The van der Waals surface area contributed by atoms with Gasteiger partial charge in [-0.05, 0) is 60.0 Å². The molecule has 0 atom stereocenters. The van der Waals surface area contributed by atoms with Crippen LogP contribution in [-0.4, -0.2) is 50.8 Å². The zero-order chi connectivity index (χ0) is 22.7. The number of carboxylic acid groups (broad SMARTS) is 1. The molecule has 2 aromatic carbocycles. The van der Waals surface area contributed by atoms with E-state index in [2.05, 4.69) is 14.6 Å². The number of hydrogen-bond donors (Lipinski definition) is 2. The largest absolute Gasteiger partial charge is 0.478 e. The molecule has 0 unspecified atom stereocenters. The van der Waals surface area contributed by atoms with Crippen LogP contribution < -0.4 is 9.62 Å². The van der Waals surface area contributed by atoms with Gasteiger partial charge >= 0.3 is 5.97 Å². The summed E-state index contributed by atoms with van der Waals surface area (Å²) >= 11 is 0. The number of aromatic nitrogens is 1. The molecule has 0 bridgehead atoms. The first-order valence-corrected chi connectivity index (χ1v) is 11.6. The van der Waals surface area contributed by atoms with Crippen molar-refractivity contribution >= 4 is 27.5 Å². The highest BCUT2D eigenvalue weighted by Gasteiger charge is 2.18. The molecule has 1 aliphatic heterocycles. The van der Waals surface area contributed by atoms with E-state index in [0.29, 0.717) is 18.9 Å². The van der Waals surface area contributed by atoms with Gasteiger partial charge < -0.3 is 14.7 Å². The molecule has 0 radical (unpaired) electrons. The quantitative estimate of drug-likeness (QED) is 0.589. The zero-order valence-corrected chi connectivity index (χ0v) is 18.3. The summed E-state index contributed by atoms with van der Waals surface area (Å²) in [5, 5.41) is 9.08. The molecule has 3 aromatic rings. The Kier molecular flexibility index (Phi) is 6.11. The van der Waals surface area contributed by atoms with Crippen molar-refractivity contribution in [2.45, 2.75) is 11.8 Å². The molecule has 0 spiro atoms. The van der Waals surface area contributed by atoms with Crippen molar-refractivity contribution in [3.8, 4) is 11.1 Å². The molecule has 9 heteroatoms. The van der Waals surface area contributed by atoms with Gasteiger partial charge in [0.15, 0.2) is 0 Å². The molecule has 2 N–H and O–H groups in total. The highest BCUT2D eigenvalue weighted by molar-refractivity contribution is 7.92. The SMILES string of the molecule is Cc1ccc(NS(=O)(=O)c2ccc(N3CCOCC3)nc2)cc1-c1ccc(C(=O)O)cc1. The van der Waals surface area contributed by atoms with E-state index in [0.717, 1.165) is 35.6 Å². The van der Waals surface area contributed by atoms with Crippen LogP contribution in [-0.2, 0) is 14.8 Å². The third-order valence-electron chi connectivity index (χ3n) is 5.30. The van der Waals surface area contributed by atoms with Gasteiger partial charge in [-0.15, -0.1) is 0 Å². The van der Waals surface area contributed by atoms with Crippen LogP contribution in [0.15, 0.2) is 65.7 Å². The number of anilines is 2.